The van der Waals surface area contributed by atoms with E-state index in [0.29, 0.717) is 12.4 Å². The lowest BCUT2D eigenvalue weighted by Gasteiger charge is -2.27. The van der Waals surface area contributed by atoms with E-state index in [0.717, 1.165) is 37.8 Å². The number of carbonyl (C=O) groups excluding carboxylic acids is 1. The SMILES string of the molecule is CCCCCC(C)N(C(=O)CC)c1nccc(CCCC)n1. The number of amides is 1. The Labute approximate surface area is 135 Å². The minimum atomic E-state index is 0.108. The molecule has 1 atom stereocenters. The largest absolute Gasteiger partial charge is 0.278 e. The van der Waals surface area contributed by atoms with Crippen molar-refractivity contribution in [2.24, 2.45) is 0 Å². The van der Waals surface area contributed by atoms with Crippen LogP contribution >= 0.6 is 0 Å². The van der Waals surface area contributed by atoms with E-state index in [2.05, 4.69) is 30.7 Å². The van der Waals surface area contributed by atoms with Crippen molar-refractivity contribution in [2.45, 2.75) is 85.1 Å². The van der Waals surface area contributed by atoms with Gasteiger partial charge >= 0.3 is 0 Å². The Morgan fingerprint density at radius 1 is 1.18 bits per heavy atom. The molecule has 0 aliphatic rings. The van der Waals surface area contributed by atoms with E-state index in [9.17, 15) is 4.79 Å². The number of unbranched alkanes of at least 4 members (excludes halogenated alkanes) is 3. The molecule has 0 N–H and O–H groups in total. The fourth-order valence-corrected chi connectivity index (χ4v) is 2.54. The molecule has 1 aromatic heterocycles. The maximum atomic E-state index is 12.4. The quantitative estimate of drug-likeness (QED) is 0.597. The third kappa shape index (κ3) is 5.74. The van der Waals surface area contributed by atoms with Gasteiger partial charge in [-0.1, -0.05) is 46.5 Å². The highest BCUT2D eigenvalue weighted by atomic mass is 16.2. The standard InChI is InChI=1S/C18H31N3O/c1-5-8-10-11-15(4)21(17(22)7-3)18-19-14-13-16(20-18)12-9-6-2/h13-15H,5-12H2,1-4H3. The molecule has 0 aliphatic heterocycles. The lowest BCUT2D eigenvalue weighted by Crippen LogP contribution is -2.39. The van der Waals surface area contributed by atoms with Crippen LogP contribution in [0.25, 0.3) is 0 Å². The summed E-state index contributed by atoms with van der Waals surface area (Å²) in [4.78, 5) is 23.1. The van der Waals surface area contributed by atoms with Gasteiger partial charge in [0.05, 0.1) is 0 Å². The van der Waals surface area contributed by atoms with E-state index in [4.69, 9.17) is 0 Å². The predicted molar refractivity (Wildman–Crippen MR) is 92.0 cm³/mol. The molecule has 22 heavy (non-hydrogen) atoms. The fourth-order valence-electron chi connectivity index (χ4n) is 2.54. The van der Waals surface area contributed by atoms with Crippen LogP contribution in [0.2, 0.25) is 0 Å². The minimum Gasteiger partial charge on any atom is -0.278 e. The van der Waals surface area contributed by atoms with Gasteiger partial charge < -0.3 is 0 Å². The van der Waals surface area contributed by atoms with Crippen LogP contribution < -0.4 is 4.90 Å². The van der Waals surface area contributed by atoms with Crippen LogP contribution in [0.15, 0.2) is 12.3 Å². The van der Waals surface area contributed by atoms with Crippen LogP contribution in [-0.4, -0.2) is 21.9 Å². The topological polar surface area (TPSA) is 46.1 Å². The molecule has 4 heteroatoms. The molecular weight excluding hydrogens is 274 g/mol. The van der Waals surface area contributed by atoms with Crippen LogP contribution in [-0.2, 0) is 11.2 Å². The first kappa shape index (κ1) is 18.6. The number of rotatable bonds is 10. The Hall–Kier alpha value is -1.45. The van der Waals surface area contributed by atoms with E-state index in [1.54, 1.807) is 11.1 Å². The molecule has 0 radical (unpaired) electrons. The van der Waals surface area contributed by atoms with Gasteiger partial charge in [-0.25, -0.2) is 9.97 Å². The second-order valence-corrected chi connectivity index (χ2v) is 5.91. The van der Waals surface area contributed by atoms with Crippen LogP contribution in [0, 0.1) is 0 Å². The zero-order valence-electron chi connectivity index (χ0n) is 14.6. The van der Waals surface area contributed by atoms with Crippen molar-refractivity contribution in [3.63, 3.8) is 0 Å². The van der Waals surface area contributed by atoms with Crippen LogP contribution in [0.3, 0.4) is 0 Å². The summed E-state index contributed by atoms with van der Waals surface area (Å²) in [5, 5.41) is 0. The Morgan fingerprint density at radius 2 is 1.91 bits per heavy atom. The summed E-state index contributed by atoms with van der Waals surface area (Å²) in [7, 11) is 0. The molecule has 0 saturated carbocycles. The number of aromatic nitrogens is 2. The van der Waals surface area contributed by atoms with Gasteiger partial charge in [-0.2, -0.15) is 0 Å². The Kier molecular flexibility index (Phi) is 8.71. The number of hydrogen-bond donors (Lipinski definition) is 0. The lowest BCUT2D eigenvalue weighted by atomic mass is 10.1. The molecule has 1 rings (SSSR count). The third-order valence-corrected chi connectivity index (χ3v) is 3.94. The predicted octanol–water partition coefficient (Wildman–Crippen LogP) is 4.53. The van der Waals surface area contributed by atoms with Crippen LogP contribution in [0.4, 0.5) is 5.95 Å². The van der Waals surface area contributed by atoms with Crippen molar-refractivity contribution in [1.82, 2.24) is 9.97 Å². The normalized spacial score (nSPS) is 12.2. The van der Waals surface area contributed by atoms with E-state index in [1.807, 2.05) is 13.0 Å². The number of aryl methyl sites for hydroxylation is 1. The molecule has 0 fully saturated rings. The van der Waals surface area contributed by atoms with Crippen LogP contribution in [0.5, 0.6) is 0 Å². The summed E-state index contributed by atoms with van der Waals surface area (Å²) in [5.41, 5.74) is 1.03. The first-order chi connectivity index (χ1) is 10.6. The molecule has 0 aliphatic carbocycles. The van der Waals surface area contributed by atoms with Crippen molar-refractivity contribution in [3.8, 4) is 0 Å². The second-order valence-electron chi connectivity index (χ2n) is 5.91. The van der Waals surface area contributed by atoms with Gasteiger partial charge in [0.1, 0.15) is 0 Å². The maximum absolute atomic E-state index is 12.4. The molecule has 0 aromatic carbocycles. The highest BCUT2D eigenvalue weighted by molar-refractivity contribution is 5.91. The molecule has 4 nitrogen and oxygen atoms in total. The first-order valence-electron chi connectivity index (χ1n) is 8.77. The Morgan fingerprint density at radius 3 is 2.55 bits per heavy atom. The van der Waals surface area contributed by atoms with Crippen molar-refractivity contribution in [1.29, 1.82) is 0 Å². The molecule has 1 heterocycles. The zero-order valence-corrected chi connectivity index (χ0v) is 14.6. The smallest absolute Gasteiger partial charge is 0.232 e. The highest BCUT2D eigenvalue weighted by Crippen LogP contribution is 2.18. The minimum absolute atomic E-state index is 0.108. The molecule has 1 unspecified atom stereocenters. The summed E-state index contributed by atoms with van der Waals surface area (Å²) in [6.07, 6.45) is 10.0. The van der Waals surface area contributed by atoms with Crippen molar-refractivity contribution >= 4 is 11.9 Å². The van der Waals surface area contributed by atoms with Crippen molar-refractivity contribution < 1.29 is 4.79 Å². The van der Waals surface area contributed by atoms with E-state index in [-0.39, 0.29) is 11.9 Å². The summed E-state index contributed by atoms with van der Waals surface area (Å²) in [5.74, 6) is 0.682. The van der Waals surface area contributed by atoms with Gasteiger partial charge in [0.15, 0.2) is 0 Å². The van der Waals surface area contributed by atoms with Gasteiger partial charge in [-0.3, -0.25) is 9.69 Å². The number of hydrogen-bond acceptors (Lipinski definition) is 3. The Balaban J connectivity index is 2.88. The molecule has 0 saturated heterocycles. The lowest BCUT2D eigenvalue weighted by molar-refractivity contribution is -0.118. The molecular formula is C18H31N3O. The molecule has 0 bridgehead atoms. The van der Waals surface area contributed by atoms with Crippen molar-refractivity contribution in [2.75, 3.05) is 4.90 Å². The van der Waals surface area contributed by atoms with Gasteiger partial charge in [0.25, 0.3) is 0 Å². The number of nitrogens with zero attached hydrogens (tertiary/aromatic N) is 3. The fraction of sp³-hybridized carbons (Fsp3) is 0.722. The van der Waals surface area contributed by atoms with Gasteiger partial charge in [0.2, 0.25) is 11.9 Å². The number of anilines is 1. The summed E-state index contributed by atoms with van der Waals surface area (Å²) in [6, 6.07) is 2.11. The molecule has 1 amide bonds. The average Bonchev–Trinajstić information content (AvgIpc) is 2.53. The second kappa shape index (κ2) is 10.3. The molecule has 0 spiro atoms. The highest BCUT2D eigenvalue weighted by Gasteiger charge is 2.22. The van der Waals surface area contributed by atoms with E-state index < -0.39 is 0 Å². The molecule has 124 valence electrons. The van der Waals surface area contributed by atoms with E-state index in [1.165, 1.54) is 12.8 Å². The summed E-state index contributed by atoms with van der Waals surface area (Å²) in [6.45, 7) is 8.37. The average molecular weight is 305 g/mol. The van der Waals surface area contributed by atoms with Crippen LogP contribution in [0.1, 0.15) is 78.3 Å². The summed E-state index contributed by atoms with van der Waals surface area (Å²) >= 11 is 0. The number of carbonyl (C=O) groups is 1. The van der Waals surface area contributed by atoms with Gasteiger partial charge in [0, 0.05) is 24.4 Å². The Bertz CT molecular complexity index is 448. The maximum Gasteiger partial charge on any atom is 0.232 e. The molecule has 1 aromatic rings. The monoisotopic (exact) mass is 305 g/mol. The van der Waals surface area contributed by atoms with Gasteiger partial charge in [-0.15, -0.1) is 0 Å². The van der Waals surface area contributed by atoms with E-state index >= 15 is 0 Å². The third-order valence-electron chi connectivity index (χ3n) is 3.94. The zero-order chi connectivity index (χ0) is 16.4. The van der Waals surface area contributed by atoms with Gasteiger partial charge in [-0.05, 0) is 32.3 Å². The first-order valence-corrected chi connectivity index (χ1v) is 8.77. The summed E-state index contributed by atoms with van der Waals surface area (Å²) < 4.78 is 0. The van der Waals surface area contributed by atoms with Crippen molar-refractivity contribution in [3.05, 3.63) is 18.0 Å².